The molecule has 53 heavy (non-hydrogen) atoms. The van der Waals surface area contributed by atoms with E-state index >= 15 is 0 Å². The van der Waals surface area contributed by atoms with E-state index in [1.165, 1.54) is 0 Å². The van der Waals surface area contributed by atoms with Gasteiger partial charge in [-0.25, -0.2) is 9.59 Å². The van der Waals surface area contributed by atoms with Gasteiger partial charge in [-0.2, -0.15) is 0 Å². The molecule has 5 N–H and O–H groups in total. The van der Waals surface area contributed by atoms with Gasteiger partial charge in [0.2, 0.25) is 0 Å². The van der Waals surface area contributed by atoms with E-state index in [1.54, 1.807) is 48.5 Å². The van der Waals surface area contributed by atoms with Crippen LogP contribution in [0.4, 0.5) is 38.0 Å². The molecule has 11 heteroatoms. The predicted octanol–water partition coefficient (Wildman–Crippen LogP) is 8.51. The van der Waals surface area contributed by atoms with E-state index in [1.807, 2.05) is 65.3 Å². The summed E-state index contributed by atoms with van der Waals surface area (Å²) in [6, 6.07) is 28.5. The number of rotatable bonds is 10. The highest BCUT2D eigenvalue weighted by Gasteiger charge is 2.24. The molecule has 0 saturated carbocycles. The van der Waals surface area contributed by atoms with Crippen molar-refractivity contribution in [2.24, 2.45) is 11.8 Å². The minimum atomic E-state index is -0.377. The molecule has 276 valence electrons. The lowest BCUT2D eigenvalue weighted by Gasteiger charge is -2.32. The number of carbonyl (C=O) groups is 4. The van der Waals surface area contributed by atoms with Crippen LogP contribution in [0.3, 0.4) is 0 Å². The van der Waals surface area contributed by atoms with Crippen molar-refractivity contribution in [2.45, 2.75) is 46.0 Å². The van der Waals surface area contributed by atoms with Gasteiger partial charge in [0.25, 0.3) is 11.8 Å². The zero-order chi connectivity index (χ0) is 37.2. The molecular formula is C42H49N7O4. The van der Waals surface area contributed by atoms with E-state index in [9.17, 15) is 19.2 Å². The van der Waals surface area contributed by atoms with Crippen LogP contribution in [0, 0.1) is 18.8 Å². The molecule has 0 unspecified atom stereocenters. The van der Waals surface area contributed by atoms with Crippen molar-refractivity contribution in [1.82, 2.24) is 9.80 Å². The summed E-state index contributed by atoms with van der Waals surface area (Å²) in [6.45, 7) is 7.92. The molecule has 0 aromatic heterocycles. The van der Waals surface area contributed by atoms with E-state index in [-0.39, 0.29) is 23.9 Å². The van der Waals surface area contributed by atoms with Crippen LogP contribution in [0.1, 0.15) is 65.3 Å². The Morgan fingerprint density at radius 2 is 1.00 bits per heavy atom. The molecule has 6 rings (SSSR count). The molecule has 2 aliphatic heterocycles. The van der Waals surface area contributed by atoms with Gasteiger partial charge in [-0.1, -0.05) is 36.8 Å². The van der Waals surface area contributed by atoms with Crippen molar-refractivity contribution in [3.8, 4) is 0 Å². The summed E-state index contributed by atoms with van der Waals surface area (Å²) < 4.78 is 0. The Bertz CT molecular complexity index is 1880. The third kappa shape index (κ3) is 10.6. The predicted molar refractivity (Wildman–Crippen MR) is 212 cm³/mol. The van der Waals surface area contributed by atoms with E-state index in [0.29, 0.717) is 58.8 Å². The normalized spacial score (nSPS) is 15.0. The molecule has 4 aromatic carbocycles. The second kappa shape index (κ2) is 17.6. The minimum Gasteiger partial charge on any atom is -0.385 e. The van der Waals surface area contributed by atoms with E-state index < -0.39 is 0 Å². The standard InChI is InChI=1S/C42H49N7O4/c1-29-9-11-35(12-10-29)44-41(52)46-38-8-4-6-33(28-38)40(51)49-25-20-31(21-26-49)17-22-43-34-13-15-36(16-14-34)45-42(53)47-37-7-3-5-32(27-37)39(50)48-23-18-30(2)19-24-48/h3-16,27-28,30-31,43H,17-26H2,1-2H3,(H2,44,46,52)(H2,45,47,53). The lowest BCUT2D eigenvalue weighted by atomic mass is 9.93. The molecule has 4 aromatic rings. The van der Waals surface area contributed by atoms with E-state index in [0.717, 1.165) is 63.0 Å². The van der Waals surface area contributed by atoms with Crippen LogP contribution in [-0.2, 0) is 0 Å². The molecule has 2 aliphatic rings. The topological polar surface area (TPSA) is 135 Å². The maximum atomic E-state index is 13.3. The number of aryl methyl sites for hydroxylation is 1. The number of piperidine rings is 2. The third-order valence-electron chi connectivity index (χ3n) is 10.0. The summed E-state index contributed by atoms with van der Waals surface area (Å²) in [5.74, 6) is 1.12. The van der Waals surface area contributed by atoms with Gasteiger partial charge in [-0.15, -0.1) is 0 Å². The van der Waals surface area contributed by atoms with Crippen LogP contribution < -0.4 is 26.6 Å². The number of hydrogen-bond acceptors (Lipinski definition) is 5. The molecule has 0 spiro atoms. The van der Waals surface area contributed by atoms with Crippen LogP contribution in [0.25, 0.3) is 0 Å². The maximum absolute atomic E-state index is 13.3. The SMILES string of the molecule is Cc1ccc(NC(=O)Nc2cccc(C(=O)N3CCC(CCNc4ccc(NC(=O)Nc5cccc(C(=O)N6CCC(C)CC6)c5)cc4)CC3)c2)cc1. The maximum Gasteiger partial charge on any atom is 0.323 e. The van der Waals surface area contributed by atoms with Crippen molar-refractivity contribution >= 4 is 52.3 Å². The number of nitrogens with zero attached hydrogens (tertiary/aromatic N) is 2. The smallest absolute Gasteiger partial charge is 0.323 e. The van der Waals surface area contributed by atoms with Gasteiger partial charge >= 0.3 is 12.1 Å². The largest absolute Gasteiger partial charge is 0.385 e. The Kier molecular flexibility index (Phi) is 12.3. The lowest BCUT2D eigenvalue weighted by Crippen LogP contribution is -2.38. The molecule has 0 aliphatic carbocycles. The summed E-state index contributed by atoms with van der Waals surface area (Å²) in [5.41, 5.74) is 5.68. The van der Waals surface area contributed by atoms with Crippen LogP contribution in [0.15, 0.2) is 97.1 Å². The van der Waals surface area contributed by atoms with Gasteiger partial charge in [0.1, 0.15) is 0 Å². The van der Waals surface area contributed by atoms with Gasteiger partial charge in [0.15, 0.2) is 0 Å². The zero-order valence-electron chi connectivity index (χ0n) is 30.5. The molecule has 0 radical (unpaired) electrons. The number of hydrogen-bond donors (Lipinski definition) is 5. The second-order valence-corrected chi connectivity index (χ2v) is 14.2. The molecule has 0 atom stereocenters. The highest BCUT2D eigenvalue weighted by atomic mass is 16.2. The van der Waals surface area contributed by atoms with Crippen molar-refractivity contribution in [2.75, 3.05) is 59.3 Å². The number of anilines is 5. The van der Waals surface area contributed by atoms with Crippen LogP contribution in [0.5, 0.6) is 0 Å². The highest BCUT2D eigenvalue weighted by Crippen LogP contribution is 2.24. The number of likely N-dealkylation sites (tertiary alicyclic amines) is 2. The Morgan fingerprint density at radius 3 is 1.51 bits per heavy atom. The zero-order valence-corrected chi connectivity index (χ0v) is 30.5. The third-order valence-corrected chi connectivity index (χ3v) is 10.0. The van der Waals surface area contributed by atoms with Crippen molar-refractivity contribution in [3.05, 3.63) is 114 Å². The quantitative estimate of drug-likeness (QED) is 0.112. The van der Waals surface area contributed by atoms with E-state index in [2.05, 4.69) is 33.5 Å². The summed E-state index contributed by atoms with van der Waals surface area (Å²) in [5, 5.41) is 14.8. The number of nitrogens with one attached hydrogen (secondary N) is 5. The number of carbonyl (C=O) groups excluding carboxylic acids is 4. The molecule has 2 heterocycles. The first-order chi connectivity index (χ1) is 25.7. The van der Waals surface area contributed by atoms with Gasteiger partial charge in [0, 0.05) is 72.3 Å². The number of benzene rings is 4. The summed E-state index contributed by atoms with van der Waals surface area (Å²) >= 11 is 0. The first-order valence-electron chi connectivity index (χ1n) is 18.5. The Balaban J connectivity index is 0.890. The summed E-state index contributed by atoms with van der Waals surface area (Å²) in [7, 11) is 0. The minimum absolute atomic E-state index is 0.00116. The summed E-state index contributed by atoms with van der Waals surface area (Å²) in [6.07, 6.45) is 4.87. The van der Waals surface area contributed by atoms with Crippen LogP contribution in [0.2, 0.25) is 0 Å². The molecule has 0 bridgehead atoms. The summed E-state index contributed by atoms with van der Waals surface area (Å²) in [4.78, 5) is 55.2. The van der Waals surface area contributed by atoms with Gasteiger partial charge in [-0.05, 0) is 124 Å². The fourth-order valence-electron chi connectivity index (χ4n) is 6.78. The van der Waals surface area contributed by atoms with Crippen molar-refractivity contribution < 1.29 is 19.2 Å². The molecule has 2 saturated heterocycles. The fraction of sp³-hybridized carbons (Fsp3) is 0.333. The van der Waals surface area contributed by atoms with Crippen molar-refractivity contribution in [1.29, 1.82) is 0 Å². The fourth-order valence-corrected chi connectivity index (χ4v) is 6.78. The second-order valence-electron chi connectivity index (χ2n) is 14.2. The first-order valence-corrected chi connectivity index (χ1v) is 18.5. The lowest BCUT2D eigenvalue weighted by molar-refractivity contribution is 0.0684. The van der Waals surface area contributed by atoms with E-state index in [4.69, 9.17) is 0 Å². The Hall–Kier alpha value is -5.84. The molecule has 11 nitrogen and oxygen atoms in total. The van der Waals surface area contributed by atoms with Gasteiger partial charge < -0.3 is 36.4 Å². The van der Waals surface area contributed by atoms with Crippen LogP contribution >= 0.6 is 0 Å². The van der Waals surface area contributed by atoms with Gasteiger partial charge in [-0.3, -0.25) is 9.59 Å². The number of amides is 6. The van der Waals surface area contributed by atoms with Crippen LogP contribution in [-0.4, -0.2) is 66.4 Å². The van der Waals surface area contributed by atoms with Crippen molar-refractivity contribution in [3.63, 3.8) is 0 Å². The molecule has 2 fully saturated rings. The monoisotopic (exact) mass is 715 g/mol. The average Bonchev–Trinajstić information content (AvgIpc) is 3.16. The Morgan fingerprint density at radius 1 is 0.566 bits per heavy atom. The first kappa shape index (κ1) is 36.9. The molecule has 6 amide bonds. The highest BCUT2D eigenvalue weighted by molar-refractivity contribution is 6.02. The number of urea groups is 2. The average molecular weight is 716 g/mol. The van der Waals surface area contributed by atoms with Gasteiger partial charge in [0.05, 0.1) is 0 Å². The Labute approximate surface area is 311 Å². The molecular weight excluding hydrogens is 667 g/mol.